The van der Waals surface area contributed by atoms with Crippen LogP contribution in [-0.4, -0.2) is 35.3 Å². The monoisotopic (exact) mass is 295 g/mol. The number of benzene rings is 2. The Morgan fingerprint density at radius 3 is 1.59 bits per heavy atom. The van der Waals surface area contributed by atoms with Gasteiger partial charge in [0.2, 0.25) is 0 Å². The first-order chi connectivity index (χ1) is 10.6. The number of phenolic OH excluding ortho intramolecular Hbond substituents is 2. The van der Waals surface area contributed by atoms with Gasteiger partial charge in [0, 0.05) is 13.1 Å². The van der Waals surface area contributed by atoms with Crippen molar-refractivity contribution in [3.63, 3.8) is 0 Å². The van der Waals surface area contributed by atoms with Crippen molar-refractivity contribution in [3.8, 4) is 11.5 Å². The summed E-state index contributed by atoms with van der Waals surface area (Å²) in [5.74, 6) is 0.560. The summed E-state index contributed by atoms with van der Waals surface area (Å²) < 4.78 is 0. The third-order valence-electron chi connectivity index (χ3n) is 4.26. The molecule has 1 saturated heterocycles. The first kappa shape index (κ1) is 14.7. The lowest BCUT2D eigenvalue weighted by Gasteiger charge is -2.27. The molecule has 0 amide bonds. The third-order valence-corrected chi connectivity index (χ3v) is 4.26. The molecule has 3 heteroatoms. The maximum Gasteiger partial charge on any atom is 0.115 e. The van der Waals surface area contributed by atoms with Crippen LogP contribution in [0.4, 0.5) is 0 Å². The standard InChI is InChI=1S/C19H21NO2/c1-20-12-10-16(11-13-20)19(14-2-6-17(21)7-3-14)15-4-8-18(22)9-5-15/h2-9,21-22H,10-13H2,1H3. The van der Waals surface area contributed by atoms with Crippen molar-refractivity contribution in [1.82, 2.24) is 4.90 Å². The van der Waals surface area contributed by atoms with E-state index in [-0.39, 0.29) is 11.5 Å². The summed E-state index contributed by atoms with van der Waals surface area (Å²) in [5, 5.41) is 19.1. The van der Waals surface area contributed by atoms with E-state index in [0.29, 0.717) is 0 Å². The van der Waals surface area contributed by atoms with E-state index in [1.165, 1.54) is 11.1 Å². The van der Waals surface area contributed by atoms with Crippen molar-refractivity contribution in [3.05, 3.63) is 65.2 Å². The SMILES string of the molecule is CN1CCC(=C(c2ccc(O)cc2)c2ccc(O)cc2)CC1. The van der Waals surface area contributed by atoms with E-state index >= 15 is 0 Å². The van der Waals surface area contributed by atoms with Crippen LogP contribution in [-0.2, 0) is 0 Å². The molecule has 2 N–H and O–H groups in total. The predicted octanol–water partition coefficient (Wildman–Crippen LogP) is 3.63. The Labute approximate surface area is 131 Å². The van der Waals surface area contributed by atoms with Gasteiger partial charge in [0.05, 0.1) is 0 Å². The van der Waals surface area contributed by atoms with Gasteiger partial charge in [-0.2, -0.15) is 0 Å². The number of rotatable bonds is 2. The van der Waals surface area contributed by atoms with Gasteiger partial charge in [-0.15, -0.1) is 0 Å². The maximum atomic E-state index is 9.53. The van der Waals surface area contributed by atoms with Crippen LogP contribution in [0.15, 0.2) is 54.1 Å². The molecule has 0 radical (unpaired) electrons. The van der Waals surface area contributed by atoms with Gasteiger partial charge < -0.3 is 15.1 Å². The zero-order chi connectivity index (χ0) is 15.5. The minimum atomic E-state index is 0.280. The van der Waals surface area contributed by atoms with Crippen molar-refractivity contribution in [1.29, 1.82) is 0 Å². The first-order valence-corrected chi connectivity index (χ1v) is 7.63. The average molecular weight is 295 g/mol. The molecule has 0 aromatic heterocycles. The van der Waals surface area contributed by atoms with Gasteiger partial charge in [-0.05, 0) is 60.9 Å². The molecule has 0 bridgehead atoms. The molecule has 22 heavy (non-hydrogen) atoms. The van der Waals surface area contributed by atoms with Gasteiger partial charge in [0.1, 0.15) is 11.5 Å². The van der Waals surface area contributed by atoms with E-state index in [1.54, 1.807) is 24.3 Å². The first-order valence-electron chi connectivity index (χ1n) is 7.63. The van der Waals surface area contributed by atoms with Gasteiger partial charge in [0.25, 0.3) is 0 Å². The molecule has 0 atom stereocenters. The molecule has 0 aliphatic carbocycles. The Morgan fingerprint density at radius 2 is 1.18 bits per heavy atom. The van der Waals surface area contributed by atoms with Gasteiger partial charge in [-0.1, -0.05) is 29.8 Å². The van der Waals surface area contributed by atoms with E-state index in [9.17, 15) is 10.2 Å². The van der Waals surface area contributed by atoms with E-state index < -0.39 is 0 Å². The number of phenols is 2. The summed E-state index contributed by atoms with van der Waals surface area (Å²) in [4.78, 5) is 2.34. The number of piperidine rings is 1. The quantitative estimate of drug-likeness (QED) is 0.889. The zero-order valence-corrected chi connectivity index (χ0v) is 12.8. The Hall–Kier alpha value is -2.26. The smallest absolute Gasteiger partial charge is 0.115 e. The highest BCUT2D eigenvalue weighted by Crippen LogP contribution is 2.33. The summed E-state index contributed by atoms with van der Waals surface area (Å²) in [7, 11) is 2.15. The van der Waals surface area contributed by atoms with Gasteiger partial charge in [-0.25, -0.2) is 0 Å². The molecule has 0 unspecified atom stereocenters. The van der Waals surface area contributed by atoms with Crippen LogP contribution in [0.1, 0.15) is 24.0 Å². The molecule has 0 spiro atoms. The molecule has 3 nitrogen and oxygen atoms in total. The fraction of sp³-hybridized carbons (Fsp3) is 0.263. The number of aromatic hydroxyl groups is 2. The van der Waals surface area contributed by atoms with Crippen molar-refractivity contribution in [2.75, 3.05) is 20.1 Å². The maximum absolute atomic E-state index is 9.53. The van der Waals surface area contributed by atoms with E-state index in [2.05, 4.69) is 11.9 Å². The number of nitrogens with zero attached hydrogens (tertiary/aromatic N) is 1. The summed E-state index contributed by atoms with van der Waals surface area (Å²) in [6, 6.07) is 14.8. The van der Waals surface area contributed by atoms with Crippen molar-refractivity contribution < 1.29 is 10.2 Å². The Morgan fingerprint density at radius 1 is 0.773 bits per heavy atom. The normalized spacial score (nSPS) is 15.8. The molecule has 1 heterocycles. The highest BCUT2D eigenvalue weighted by Gasteiger charge is 2.17. The minimum absolute atomic E-state index is 0.280. The van der Waals surface area contributed by atoms with Gasteiger partial charge >= 0.3 is 0 Å². The van der Waals surface area contributed by atoms with Crippen LogP contribution in [0.3, 0.4) is 0 Å². The minimum Gasteiger partial charge on any atom is -0.508 e. The summed E-state index contributed by atoms with van der Waals surface area (Å²) >= 11 is 0. The number of hydrogen-bond donors (Lipinski definition) is 2. The van der Waals surface area contributed by atoms with Crippen LogP contribution >= 0.6 is 0 Å². The van der Waals surface area contributed by atoms with Crippen molar-refractivity contribution in [2.45, 2.75) is 12.8 Å². The second kappa shape index (κ2) is 6.24. The average Bonchev–Trinajstić information content (AvgIpc) is 2.53. The predicted molar refractivity (Wildman–Crippen MR) is 89.0 cm³/mol. The largest absolute Gasteiger partial charge is 0.508 e. The van der Waals surface area contributed by atoms with Crippen LogP contribution < -0.4 is 0 Å². The Balaban J connectivity index is 2.07. The van der Waals surface area contributed by atoms with Crippen LogP contribution in [0.5, 0.6) is 11.5 Å². The lowest BCUT2D eigenvalue weighted by Crippen LogP contribution is -2.26. The van der Waals surface area contributed by atoms with E-state index in [1.807, 2.05) is 24.3 Å². The van der Waals surface area contributed by atoms with Gasteiger partial charge in [-0.3, -0.25) is 0 Å². The second-order valence-corrected chi connectivity index (χ2v) is 5.88. The highest BCUT2D eigenvalue weighted by molar-refractivity contribution is 5.82. The van der Waals surface area contributed by atoms with E-state index in [0.717, 1.165) is 37.1 Å². The van der Waals surface area contributed by atoms with Crippen LogP contribution in [0, 0.1) is 0 Å². The molecule has 2 aromatic carbocycles. The van der Waals surface area contributed by atoms with Crippen molar-refractivity contribution in [2.24, 2.45) is 0 Å². The van der Waals surface area contributed by atoms with Crippen LogP contribution in [0.2, 0.25) is 0 Å². The Bertz CT molecular complexity index is 614. The number of likely N-dealkylation sites (tertiary alicyclic amines) is 1. The molecule has 114 valence electrons. The molecule has 0 saturated carbocycles. The third kappa shape index (κ3) is 3.15. The van der Waals surface area contributed by atoms with Gasteiger partial charge in [0.15, 0.2) is 0 Å². The summed E-state index contributed by atoms with van der Waals surface area (Å²) in [6.45, 7) is 2.13. The Kier molecular flexibility index (Phi) is 4.16. The second-order valence-electron chi connectivity index (χ2n) is 5.88. The molecule has 3 rings (SSSR count). The van der Waals surface area contributed by atoms with Crippen molar-refractivity contribution >= 4 is 5.57 Å². The zero-order valence-electron chi connectivity index (χ0n) is 12.8. The van der Waals surface area contributed by atoms with Crippen LogP contribution in [0.25, 0.3) is 5.57 Å². The van der Waals surface area contributed by atoms with E-state index in [4.69, 9.17) is 0 Å². The summed E-state index contributed by atoms with van der Waals surface area (Å²) in [5.41, 5.74) is 4.90. The number of hydrogen-bond acceptors (Lipinski definition) is 3. The lowest BCUT2D eigenvalue weighted by atomic mass is 9.88. The topological polar surface area (TPSA) is 43.7 Å². The molecular formula is C19H21NO2. The fourth-order valence-corrected chi connectivity index (χ4v) is 2.97. The lowest BCUT2D eigenvalue weighted by molar-refractivity contribution is 0.313. The fourth-order valence-electron chi connectivity index (χ4n) is 2.97. The molecule has 2 aromatic rings. The molecular weight excluding hydrogens is 274 g/mol. The summed E-state index contributed by atoms with van der Waals surface area (Å²) in [6.07, 6.45) is 2.10. The molecule has 1 fully saturated rings. The molecule has 1 aliphatic rings. The highest BCUT2D eigenvalue weighted by atomic mass is 16.3. The molecule has 1 aliphatic heterocycles.